The quantitative estimate of drug-likeness (QED) is 0.675. The Morgan fingerprint density at radius 3 is 2.72 bits per heavy atom. The van der Waals surface area contributed by atoms with Gasteiger partial charge in [-0.15, -0.1) is 0 Å². The molecule has 1 aliphatic rings. The topological polar surface area (TPSA) is 44.4 Å². The highest BCUT2D eigenvalue weighted by Gasteiger charge is 2.14. The molecule has 1 saturated heterocycles. The molecule has 5 heteroatoms. The van der Waals surface area contributed by atoms with Crippen molar-refractivity contribution in [2.75, 3.05) is 36.5 Å². The summed E-state index contributed by atoms with van der Waals surface area (Å²) in [6.45, 7) is 8.33. The maximum atomic E-state index is 12.3. The largest absolute Gasteiger partial charge is 0.338 e. The minimum Gasteiger partial charge on any atom is -0.338 e. The van der Waals surface area contributed by atoms with Crippen LogP contribution in [0.4, 0.5) is 10.5 Å². The zero-order valence-electron chi connectivity index (χ0n) is 15.7. The fourth-order valence-electron chi connectivity index (χ4n) is 3.13. The summed E-state index contributed by atoms with van der Waals surface area (Å²) in [5.41, 5.74) is 2.13. The lowest BCUT2D eigenvalue weighted by Gasteiger charge is -2.27. The highest BCUT2D eigenvalue weighted by atomic mass is 32.2. The third kappa shape index (κ3) is 7.28. The van der Waals surface area contributed by atoms with Crippen LogP contribution in [0, 0.1) is 5.92 Å². The van der Waals surface area contributed by atoms with Gasteiger partial charge in [-0.05, 0) is 24.0 Å². The average molecular weight is 364 g/mol. The third-order valence-electron chi connectivity index (χ3n) is 4.86. The summed E-state index contributed by atoms with van der Waals surface area (Å²) in [5, 5.41) is 6.11. The molecule has 1 aromatic rings. The fraction of sp³-hybridized carbons (Fsp3) is 0.650. The lowest BCUT2D eigenvalue weighted by molar-refractivity contribution is 0.249. The predicted octanol–water partition coefficient (Wildman–Crippen LogP) is 4.57. The van der Waals surface area contributed by atoms with Crippen LogP contribution in [-0.2, 0) is 6.54 Å². The number of hydrogen-bond acceptors (Lipinski definition) is 3. The van der Waals surface area contributed by atoms with Gasteiger partial charge in [0.1, 0.15) is 0 Å². The molecule has 25 heavy (non-hydrogen) atoms. The van der Waals surface area contributed by atoms with E-state index in [1.165, 1.54) is 36.3 Å². The lowest BCUT2D eigenvalue weighted by atomic mass is 9.99. The van der Waals surface area contributed by atoms with Crippen molar-refractivity contribution in [2.45, 2.75) is 46.1 Å². The van der Waals surface area contributed by atoms with E-state index in [1.807, 2.05) is 23.9 Å². The Balaban J connectivity index is 1.85. The first-order valence-electron chi connectivity index (χ1n) is 9.65. The van der Waals surface area contributed by atoms with E-state index in [2.05, 4.69) is 41.5 Å². The lowest BCUT2D eigenvalue weighted by Crippen LogP contribution is -2.34. The molecular formula is C20H33N3OS. The summed E-state index contributed by atoms with van der Waals surface area (Å²) in [6.07, 6.45) is 4.75. The SMILES string of the molecule is CCCCC(CC)CNC(=O)Nc1ccccc1CN1CCSCC1. The van der Waals surface area contributed by atoms with Crippen molar-refractivity contribution in [3.05, 3.63) is 29.8 Å². The van der Waals surface area contributed by atoms with Gasteiger partial charge in [-0.3, -0.25) is 4.90 Å². The van der Waals surface area contributed by atoms with Crippen LogP contribution in [0.15, 0.2) is 24.3 Å². The van der Waals surface area contributed by atoms with E-state index < -0.39 is 0 Å². The van der Waals surface area contributed by atoms with Gasteiger partial charge in [0.2, 0.25) is 0 Å². The molecule has 140 valence electrons. The van der Waals surface area contributed by atoms with E-state index in [0.29, 0.717) is 5.92 Å². The zero-order chi connectivity index (χ0) is 17.9. The normalized spacial score (nSPS) is 16.4. The maximum Gasteiger partial charge on any atom is 0.319 e. The van der Waals surface area contributed by atoms with Crippen molar-refractivity contribution in [3.63, 3.8) is 0 Å². The number of amides is 2. The smallest absolute Gasteiger partial charge is 0.319 e. The van der Waals surface area contributed by atoms with Gasteiger partial charge < -0.3 is 10.6 Å². The number of benzene rings is 1. The zero-order valence-corrected chi connectivity index (χ0v) is 16.5. The predicted molar refractivity (Wildman–Crippen MR) is 109 cm³/mol. The van der Waals surface area contributed by atoms with Gasteiger partial charge in [-0.25, -0.2) is 4.79 Å². The van der Waals surface area contributed by atoms with Crippen LogP contribution in [0.25, 0.3) is 0 Å². The number of carbonyl (C=O) groups excluding carboxylic acids is 1. The van der Waals surface area contributed by atoms with Crippen LogP contribution in [0.3, 0.4) is 0 Å². The molecule has 4 nitrogen and oxygen atoms in total. The molecule has 1 unspecified atom stereocenters. The van der Waals surface area contributed by atoms with Crippen molar-refractivity contribution < 1.29 is 4.79 Å². The van der Waals surface area contributed by atoms with Gasteiger partial charge in [-0.2, -0.15) is 11.8 Å². The Hall–Kier alpha value is -1.20. The number of para-hydroxylation sites is 1. The first kappa shape index (κ1) is 20.1. The van der Waals surface area contributed by atoms with Crippen LogP contribution in [0.2, 0.25) is 0 Å². The highest BCUT2D eigenvalue weighted by Crippen LogP contribution is 2.19. The first-order chi connectivity index (χ1) is 12.2. The molecule has 0 saturated carbocycles. The number of unbranched alkanes of at least 4 members (excludes halogenated alkanes) is 1. The monoisotopic (exact) mass is 363 g/mol. The summed E-state index contributed by atoms with van der Waals surface area (Å²) in [6, 6.07) is 8.07. The summed E-state index contributed by atoms with van der Waals surface area (Å²) >= 11 is 2.02. The number of nitrogens with zero attached hydrogens (tertiary/aromatic N) is 1. The second-order valence-corrected chi connectivity index (χ2v) is 8.02. The number of thioether (sulfide) groups is 1. The Kier molecular flexibility index (Phi) is 9.19. The number of anilines is 1. The molecule has 0 radical (unpaired) electrons. The Morgan fingerprint density at radius 1 is 1.24 bits per heavy atom. The van der Waals surface area contributed by atoms with Crippen molar-refractivity contribution >= 4 is 23.5 Å². The molecule has 1 aromatic carbocycles. The Morgan fingerprint density at radius 2 is 2.00 bits per heavy atom. The third-order valence-corrected chi connectivity index (χ3v) is 5.80. The van der Waals surface area contributed by atoms with Crippen molar-refractivity contribution in [3.8, 4) is 0 Å². The van der Waals surface area contributed by atoms with E-state index in [0.717, 1.165) is 38.3 Å². The van der Waals surface area contributed by atoms with Gasteiger partial charge in [0.25, 0.3) is 0 Å². The summed E-state index contributed by atoms with van der Waals surface area (Å²) in [7, 11) is 0. The molecule has 0 aliphatic carbocycles. The fourth-order valence-corrected chi connectivity index (χ4v) is 4.11. The second kappa shape index (κ2) is 11.4. The van der Waals surface area contributed by atoms with E-state index >= 15 is 0 Å². The maximum absolute atomic E-state index is 12.3. The highest BCUT2D eigenvalue weighted by molar-refractivity contribution is 7.99. The van der Waals surface area contributed by atoms with Gasteiger partial charge in [0, 0.05) is 43.4 Å². The van der Waals surface area contributed by atoms with Crippen LogP contribution in [0.5, 0.6) is 0 Å². The van der Waals surface area contributed by atoms with E-state index in [4.69, 9.17) is 0 Å². The molecule has 1 aliphatic heterocycles. The van der Waals surface area contributed by atoms with Crippen LogP contribution in [-0.4, -0.2) is 42.1 Å². The van der Waals surface area contributed by atoms with Crippen molar-refractivity contribution in [1.82, 2.24) is 10.2 Å². The molecule has 0 bridgehead atoms. The standard InChI is InChI=1S/C20H33N3OS/c1-3-5-8-17(4-2)15-21-20(24)22-19-10-7-6-9-18(19)16-23-11-13-25-14-12-23/h6-7,9-10,17H,3-5,8,11-16H2,1-2H3,(H2,21,22,24). The Labute approximate surface area is 157 Å². The molecule has 1 atom stereocenters. The Bertz CT molecular complexity index is 517. The van der Waals surface area contributed by atoms with Gasteiger partial charge >= 0.3 is 6.03 Å². The van der Waals surface area contributed by atoms with Crippen LogP contribution >= 0.6 is 11.8 Å². The summed E-state index contributed by atoms with van der Waals surface area (Å²) in [5.74, 6) is 2.98. The molecule has 1 heterocycles. The average Bonchev–Trinajstić information content (AvgIpc) is 2.64. The number of rotatable bonds is 9. The minimum absolute atomic E-state index is 0.0865. The van der Waals surface area contributed by atoms with Crippen molar-refractivity contribution in [1.29, 1.82) is 0 Å². The van der Waals surface area contributed by atoms with Gasteiger partial charge in [0.15, 0.2) is 0 Å². The number of urea groups is 1. The molecule has 0 aromatic heterocycles. The van der Waals surface area contributed by atoms with Gasteiger partial charge in [0.05, 0.1) is 0 Å². The van der Waals surface area contributed by atoms with Crippen LogP contribution in [0.1, 0.15) is 45.1 Å². The second-order valence-electron chi connectivity index (χ2n) is 6.80. The van der Waals surface area contributed by atoms with Gasteiger partial charge in [-0.1, -0.05) is 51.3 Å². The molecule has 2 N–H and O–H groups in total. The molecular weight excluding hydrogens is 330 g/mol. The number of carbonyl (C=O) groups is 1. The summed E-state index contributed by atoms with van der Waals surface area (Å²) < 4.78 is 0. The van der Waals surface area contributed by atoms with E-state index in [-0.39, 0.29) is 6.03 Å². The number of nitrogens with one attached hydrogen (secondary N) is 2. The molecule has 2 rings (SSSR count). The first-order valence-corrected chi connectivity index (χ1v) is 10.8. The molecule has 2 amide bonds. The van der Waals surface area contributed by atoms with E-state index in [9.17, 15) is 4.79 Å². The minimum atomic E-state index is -0.0865. The van der Waals surface area contributed by atoms with Crippen LogP contribution < -0.4 is 10.6 Å². The summed E-state index contributed by atoms with van der Waals surface area (Å²) in [4.78, 5) is 14.8. The molecule has 0 spiro atoms. The van der Waals surface area contributed by atoms with Crippen molar-refractivity contribution in [2.24, 2.45) is 5.92 Å². The number of hydrogen-bond donors (Lipinski definition) is 2. The molecule has 1 fully saturated rings. The van der Waals surface area contributed by atoms with E-state index in [1.54, 1.807) is 0 Å².